The number of fused-ring (bicyclic) bond motifs is 4. The maximum Gasteiger partial charge on any atom is 0 e. The van der Waals surface area contributed by atoms with E-state index in [1.54, 1.807) is 0 Å². The van der Waals surface area contributed by atoms with Crippen molar-refractivity contribution in [3.05, 3.63) is 168 Å². The van der Waals surface area contributed by atoms with E-state index in [4.69, 9.17) is 4.98 Å². The molecule has 1 radical (unpaired) electrons. The molecule has 0 aliphatic rings. The molecule has 0 saturated carbocycles. The molecule has 3 aromatic heterocycles. The van der Waals surface area contributed by atoms with E-state index in [-0.39, 0.29) is 20.1 Å². The third kappa shape index (κ3) is 8.16. The van der Waals surface area contributed by atoms with Gasteiger partial charge in [0.1, 0.15) is 0 Å². The van der Waals surface area contributed by atoms with Gasteiger partial charge in [0.2, 0.25) is 0 Å². The average Bonchev–Trinajstić information content (AvgIpc) is 3.81. The number of thiophene rings is 1. The van der Waals surface area contributed by atoms with Crippen LogP contribution in [0.2, 0.25) is 17.3 Å². The van der Waals surface area contributed by atoms with Crippen molar-refractivity contribution >= 4 is 60.2 Å². The maximum atomic E-state index is 5.33. The molecule has 0 aliphatic heterocycles. The summed E-state index contributed by atoms with van der Waals surface area (Å²) in [6.45, 7) is 11.4. The van der Waals surface area contributed by atoms with Gasteiger partial charge in [-0.1, -0.05) is 106 Å². The predicted molar refractivity (Wildman–Crippen MR) is 248 cm³/mol. The Bertz CT molecular complexity index is 2800. The zero-order valence-corrected chi connectivity index (χ0v) is 39.8. The number of aryl methyl sites for hydroxylation is 1. The second-order valence-electron chi connectivity index (χ2n) is 16.5. The van der Waals surface area contributed by atoms with Crippen molar-refractivity contribution in [2.24, 2.45) is 0 Å². The topological polar surface area (TPSA) is 30.7 Å². The number of aromatic nitrogens is 3. The third-order valence-electron chi connectivity index (χ3n) is 10.8. The van der Waals surface area contributed by atoms with Crippen LogP contribution in [0.25, 0.3) is 70.7 Å². The fraction of sp³-hybridized carbons (Fsp3) is 0.192. The van der Waals surface area contributed by atoms with Crippen LogP contribution in [0, 0.1) is 19.1 Å². The number of benzene rings is 6. The fourth-order valence-corrected chi connectivity index (χ4v) is 11.1. The molecular weight excluding hydrogens is 963 g/mol. The zero-order chi connectivity index (χ0) is 39.8. The summed E-state index contributed by atoms with van der Waals surface area (Å²) >= 11 is 0.131. The van der Waals surface area contributed by atoms with Gasteiger partial charge in [-0.25, -0.2) is 0 Å². The van der Waals surface area contributed by atoms with Crippen LogP contribution in [0.4, 0.5) is 0 Å². The first-order chi connectivity index (χ1) is 27.5. The molecule has 0 amide bonds. The van der Waals surface area contributed by atoms with Gasteiger partial charge in [0.05, 0.1) is 16.9 Å². The standard InChI is InChI=1S/C38H33N2S.C14H16GeN.Ir/c1-23(2)30-21-27(26-13-7-6-8-14-26)22-31(24(3)4)36(30)40-33-17-11-10-16-32(33)39-38(40)29-20-19-25(5)35-28-15-9-12-18-34(28)41-37(29)35;1-15(2,3)13-9-10-14(16-11-13)12-7-5-4-6-8-12;/h6-19,21-24H,1-5H3;4-7,9-11H,1-3H3;/q2*-1;. The van der Waals surface area contributed by atoms with Crippen LogP contribution < -0.4 is 4.40 Å². The molecule has 0 fully saturated rings. The predicted octanol–water partition coefficient (Wildman–Crippen LogP) is 14.2. The molecule has 0 bridgehead atoms. The van der Waals surface area contributed by atoms with E-state index >= 15 is 0 Å². The molecule has 3 heterocycles. The Morgan fingerprint density at radius 3 is 2.03 bits per heavy atom. The molecule has 0 atom stereocenters. The summed E-state index contributed by atoms with van der Waals surface area (Å²) in [5.74, 6) is 8.75. The molecular formula is C52H49GeIrN3S-2. The average molecular weight is 1010 g/mol. The molecule has 0 unspecified atom stereocenters. The largest absolute Gasteiger partial charge is 0 e. The third-order valence-corrected chi connectivity index (χ3v) is 16.2. The Morgan fingerprint density at radius 2 is 1.38 bits per heavy atom. The van der Waals surface area contributed by atoms with Crippen LogP contribution in [0.3, 0.4) is 0 Å². The van der Waals surface area contributed by atoms with Gasteiger partial charge < -0.3 is 4.57 Å². The molecule has 0 N–H and O–H groups in total. The van der Waals surface area contributed by atoms with Crippen LogP contribution in [-0.4, -0.2) is 27.8 Å². The van der Waals surface area contributed by atoms with Crippen molar-refractivity contribution in [3.63, 3.8) is 0 Å². The summed E-state index contributed by atoms with van der Waals surface area (Å²) in [5, 5.41) is 2.62. The van der Waals surface area contributed by atoms with Gasteiger partial charge in [-0.3, -0.25) is 4.98 Å². The quantitative estimate of drug-likeness (QED) is 0.118. The second-order valence-corrected chi connectivity index (χ2v) is 28.3. The van der Waals surface area contributed by atoms with E-state index < -0.39 is 13.3 Å². The monoisotopic (exact) mass is 1010 g/mol. The summed E-state index contributed by atoms with van der Waals surface area (Å²) in [4.78, 5) is 9.86. The van der Waals surface area contributed by atoms with Crippen LogP contribution >= 0.6 is 11.3 Å². The van der Waals surface area contributed by atoms with Crippen molar-refractivity contribution in [2.45, 2.75) is 63.7 Å². The Morgan fingerprint density at radius 1 is 0.707 bits per heavy atom. The number of imidazole rings is 1. The molecule has 6 heteroatoms. The van der Waals surface area contributed by atoms with Gasteiger partial charge >= 0.3 is 99.8 Å². The maximum absolute atomic E-state index is 5.33. The van der Waals surface area contributed by atoms with Crippen molar-refractivity contribution in [2.75, 3.05) is 0 Å². The molecule has 0 saturated heterocycles. The van der Waals surface area contributed by atoms with Crippen LogP contribution in [0.1, 0.15) is 56.2 Å². The molecule has 0 aliphatic carbocycles. The van der Waals surface area contributed by atoms with Gasteiger partial charge in [0, 0.05) is 30.5 Å². The molecule has 6 aromatic carbocycles. The number of hydrogen-bond acceptors (Lipinski definition) is 3. The smallest absolute Gasteiger partial charge is 0 e. The van der Waals surface area contributed by atoms with Gasteiger partial charge in [0.25, 0.3) is 0 Å². The first-order valence-electron chi connectivity index (χ1n) is 20.0. The van der Waals surface area contributed by atoms with E-state index in [0.29, 0.717) is 11.8 Å². The number of hydrogen-bond donors (Lipinski definition) is 0. The Balaban J connectivity index is 0.000000254. The second kappa shape index (κ2) is 17.3. The minimum absolute atomic E-state index is 0. The first kappa shape index (κ1) is 41.5. The minimum Gasteiger partial charge on any atom is 0 e. The van der Waals surface area contributed by atoms with Crippen LogP contribution in [0.5, 0.6) is 0 Å². The number of pyridine rings is 1. The van der Waals surface area contributed by atoms with Crippen LogP contribution in [-0.2, 0) is 20.1 Å². The van der Waals surface area contributed by atoms with E-state index in [1.807, 2.05) is 41.8 Å². The molecule has 3 nitrogen and oxygen atoms in total. The molecule has 58 heavy (non-hydrogen) atoms. The first-order valence-corrected chi connectivity index (χ1v) is 28.1. The molecule has 293 valence electrons. The normalized spacial score (nSPS) is 11.6. The van der Waals surface area contributed by atoms with Gasteiger partial charge in [-0.05, 0) is 74.5 Å². The van der Waals surface area contributed by atoms with Crippen molar-refractivity contribution in [1.29, 1.82) is 0 Å². The van der Waals surface area contributed by atoms with Crippen molar-refractivity contribution in [3.8, 4) is 39.5 Å². The number of rotatable bonds is 7. The number of nitrogens with zero attached hydrogens (tertiary/aromatic N) is 3. The minimum atomic E-state index is -1.72. The van der Waals surface area contributed by atoms with E-state index in [9.17, 15) is 0 Å². The molecule has 9 rings (SSSR count). The van der Waals surface area contributed by atoms with E-state index in [2.05, 4.69) is 183 Å². The zero-order valence-electron chi connectivity index (χ0n) is 34.5. The SMILES string of the molecule is Cc1c[c-]c(-c2nc3ccccc3n2-c2c(C(C)C)cc(-c3ccccc3)cc2C(C)C)c2sc3ccccc3c12.[CH3][Ge]([CH3])([CH3])[c]1ccc(-c2[c-]cccc2)nc1.[Ir]. The van der Waals surface area contributed by atoms with E-state index in [0.717, 1.165) is 33.7 Å². The number of para-hydroxylation sites is 2. The van der Waals surface area contributed by atoms with E-state index in [1.165, 1.54) is 58.1 Å². The van der Waals surface area contributed by atoms with Gasteiger partial charge in [-0.2, -0.15) is 11.3 Å². The summed E-state index contributed by atoms with van der Waals surface area (Å²) < 4.78 is 6.42. The van der Waals surface area contributed by atoms with Crippen molar-refractivity contribution in [1.82, 2.24) is 14.5 Å². The Kier molecular flexibility index (Phi) is 12.4. The van der Waals surface area contributed by atoms with Gasteiger partial charge in [-0.15, -0.1) is 17.7 Å². The summed E-state index contributed by atoms with van der Waals surface area (Å²) in [5.41, 5.74) is 13.0. The van der Waals surface area contributed by atoms with Gasteiger partial charge in [0.15, 0.2) is 0 Å². The van der Waals surface area contributed by atoms with Crippen molar-refractivity contribution < 1.29 is 20.1 Å². The molecule has 0 spiro atoms. The Labute approximate surface area is 363 Å². The fourth-order valence-electron chi connectivity index (χ4n) is 7.68. The summed E-state index contributed by atoms with van der Waals surface area (Å²) in [7, 11) is 0. The molecule has 9 aromatic rings. The van der Waals surface area contributed by atoms with Crippen LogP contribution in [0.15, 0.2) is 140 Å². The summed E-state index contributed by atoms with van der Waals surface area (Å²) in [6, 6.07) is 54.1. The Hall–Kier alpha value is -4.65. The summed E-state index contributed by atoms with van der Waals surface area (Å²) in [6.07, 6.45) is 2.04.